The second-order valence-corrected chi connectivity index (χ2v) is 3.84. The molecule has 0 saturated carbocycles. The van der Waals surface area contributed by atoms with Gasteiger partial charge in [0.15, 0.2) is 0 Å². The van der Waals surface area contributed by atoms with Crippen molar-refractivity contribution in [2.75, 3.05) is 12.4 Å². The van der Waals surface area contributed by atoms with Gasteiger partial charge in [0.1, 0.15) is 11.7 Å². The van der Waals surface area contributed by atoms with E-state index in [2.05, 4.69) is 10.6 Å². The third kappa shape index (κ3) is 3.32. The summed E-state index contributed by atoms with van der Waals surface area (Å²) in [5.41, 5.74) is 0.101. The Labute approximate surface area is 103 Å². The van der Waals surface area contributed by atoms with Gasteiger partial charge in [-0.2, -0.15) is 0 Å². The van der Waals surface area contributed by atoms with Crippen LogP contribution in [0.15, 0.2) is 18.2 Å². The van der Waals surface area contributed by atoms with E-state index < -0.39 is 11.0 Å². The summed E-state index contributed by atoms with van der Waals surface area (Å²) >= 11 is 5.76. The number of nitrogens with one attached hydrogen (secondary N) is 2. The first-order chi connectivity index (χ1) is 7.95. The lowest BCUT2D eigenvalue weighted by molar-refractivity contribution is -0.384. The molecule has 0 aliphatic carbocycles. The number of carbonyl (C=O) groups excluding carboxylic acids is 1. The number of nitro groups is 1. The van der Waals surface area contributed by atoms with Crippen molar-refractivity contribution in [2.24, 2.45) is 0 Å². The topological polar surface area (TPSA) is 84.3 Å². The summed E-state index contributed by atoms with van der Waals surface area (Å²) in [7, 11) is 1.49. The highest BCUT2D eigenvalue weighted by molar-refractivity contribution is 6.31. The summed E-state index contributed by atoms with van der Waals surface area (Å²) < 4.78 is 0. The Morgan fingerprint density at radius 2 is 2.18 bits per heavy atom. The van der Waals surface area contributed by atoms with Crippen LogP contribution in [-0.2, 0) is 4.79 Å². The molecule has 1 aromatic rings. The van der Waals surface area contributed by atoms with E-state index in [1.165, 1.54) is 25.2 Å². The molecule has 0 fully saturated rings. The van der Waals surface area contributed by atoms with Crippen molar-refractivity contribution in [2.45, 2.75) is 13.0 Å². The minimum Gasteiger partial charge on any atom is -0.368 e. The number of nitrogens with zero attached hydrogens (tertiary/aromatic N) is 1. The fourth-order valence-corrected chi connectivity index (χ4v) is 1.47. The molecule has 6 nitrogen and oxygen atoms in total. The van der Waals surface area contributed by atoms with Crippen LogP contribution >= 0.6 is 11.6 Å². The van der Waals surface area contributed by atoms with Gasteiger partial charge in [0, 0.05) is 18.1 Å². The minimum atomic E-state index is -0.586. The van der Waals surface area contributed by atoms with E-state index in [1.54, 1.807) is 6.92 Å². The zero-order valence-electron chi connectivity index (χ0n) is 9.36. The van der Waals surface area contributed by atoms with E-state index in [0.717, 1.165) is 0 Å². The predicted octanol–water partition coefficient (Wildman–Crippen LogP) is 1.79. The average Bonchev–Trinajstić information content (AvgIpc) is 2.27. The standard InChI is InChI=1S/C10H12ClN3O3/c1-6(10(15)12-2)13-8-5-7(11)3-4-9(8)14(16)17/h3-6,13H,1-2H3,(H,12,15). The van der Waals surface area contributed by atoms with Crippen molar-refractivity contribution in [1.82, 2.24) is 5.32 Å². The zero-order valence-corrected chi connectivity index (χ0v) is 10.1. The number of anilines is 1. The summed E-state index contributed by atoms with van der Waals surface area (Å²) in [4.78, 5) is 21.5. The number of rotatable bonds is 4. The SMILES string of the molecule is CNC(=O)C(C)Nc1cc(Cl)ccc1[N+](=O)[O-]. The van der Waals surface area contributed by atoms with Crippen LogP contribution in [0.2, 0.25) is 5.02 Å². The molecule has 1 rings (SSSR count). The molecule has 0 saturated heterocycles. The van der Waals surface area contributed by atoms with Crippen molar-refractivity contribution in [3.63, 3.8) is 0 Å². The van der Waals surface area contributed by atoms with E-state index in [0.29, 0.717) is 5.02 Å². The van der Waals surface area contributed by atoms with Crippen LogP contribution in [0.1, 0.15) is 6.92 Å². The summed E-state index contributed by atoms with van der Waals surface area (Å²) in [6.07, 6.45) is 0. The molecule has 1 amide bonds. The molecule has 0 aromatic heterocycles. The molecule has 0 heterocycles. The first kappa shape index (κ1) is 13.2. The number of hydrogen-bond donors (Lipinski definition) is 2. The van der Waals surface area contributed by atoms with E-state index in [-0.39, 0.29) is 17.3 Å². The Morgan fingerprint density at radius 3 is 2.71 bits per heavy atom. The lowest BCUT2D eigenvalue weighted by Crippen LogP contribution is -2.35. The van der Waals surface area contributed by atoms with E-state index in [4.69, 9.17) is 11.6 Å². The molecule has 0 bridgehead atoms. The molecule has 7 heteroatoms. The molecule has 1 unspecified atom stereocenters. The van der Waals surface area contributed by atoms with Crippen LogP contribution in [0.3, 0.4) is 0 Å². The van der Waals surface area contributed by atoms with Gasteiger partial charge in [0.2, 0.25) is 5.91 Å². The van der Waals surface area contributed by atoms with E-state index in [9.17, 15) is 14.9 Å². The van der Waals surface area contributed by atoms with Gasteiger partial charge in [-0.25, -0.2) is 0 Å². The molecule has 2 N–H and O–H groups in total. The third-order valence-corrected chi connectivity index (χ3v) is 2.40. The highest BCUT2D eigenvalue weighted by Crippen LogP contribution is 2.28. The summed E-state index contributed by atoms with van der Waals surface area (Å²) in [5.74, 6) is -0.265. The van der Waals surface area contributed by atoms with Crippen LogP contribution in [0.5, 0.6) is 0 Å². The summed E-state index contributed by atoms with van der Waals surface area (Å²) in [6.45, 7) is 1.60. The largest absolute Gasteiger partial charge is 0.368 e. The van der Waals surface area contributed by atoms with Crippen LogP contribution < -0.4 is 10.6 Å². The minimum absolute atomic E-state index is 0.120. The molecule has 17 heavy (non-hydrogen) atoms. The monoisotopic (exact) mass is 257 g/mol. The Balaban J connectivity index is 3.00. The summed E-state index contributed by atoms with van der Waals surface area (Å²) in [6, 6.07) is 3.55. The third-order valence-electron chi connectivity index (χ3n) is 2.17. The fraction of sp³-hybridized carbons (Fsp3) is 0.300. The molecule has 0 aliphatic rings. The van der Waals surface area contributed by atoms with Crippen LogP contribution in [0, 0.1) is 10.1 Å². The highest BCUT2D eigenvalue weighted by atomic mass is 35.5. The smallest absolute Gasteiger partial charge is 0.292 e. The Kier molecular flexibility index (Phi) is 4.28. The number of benzene rings is 1. The van der Waals surface area contributed by atoms with Crippen LogP contribution in [0.25, 0.3) is 0 Å². The van der Waals surface area contributed by atoms with Gasteiger partial charge < -0.3 is 10.6 Å². The first-order valence-electron chi connectivity index (χ1n) is 4.87. The van der Waals surface area contributed by atoms with Crippen LogP contribution in [0.4, 0.5) is 11.4 Å². The van der Waals surface area contributed by atoms with Crippen molar-refractivity contribution in [3.8, 4) is 0 Å². The fourth-order valence-electron chi connectivity index (χ4n) is 1.30. The Morgan fingerprint density at radius 1 is 1.53 bits per heavy atom. The zero-order chi connectivity index (χ0) is 13.0. The maximum atomic E-state index is 11.3. The maximum absolute atomic E-state index is 11.3. The quantitative estimate of drug-likeness (QED) is 0.636. The number of likely N-dealkylation sites (N-methyl/N-ethyl adjacent to an activating group) is 1. The normalized spacial score (nSPS) is 11.7. The van der Waals surface area contributed by atoms with Crippen molar-refractivity contribution in [3.05, 3.63) is 33.3 Å². The Hall–Kier alpha value is -1.82. The number of nitro benzene ring substituents is 1. The van der Waals surface area contributed by atoms with Gasteiger partial charge in [-0.15, -0.1) is 0 Å². The maximum Gasteiger partial charge on any atom is 0.292 e. The lowest BCUT2D eigenvalue weighted by atomic mass is 10.2. The van der Waals surface area contributed by atoms with Gasteiger partial charge in [-0.05, 0) is 19.1 Å². The molecular formula is C10H12ClN3O3. The van der Waals surface area contributed by atoms with Gasteiger partial charge in [-0.1, -0.05) is 11.6 Å². The summed E-state index contributed by atoms with van der Waals surface area (Å²) in [5, 5.41) is 16.3. The van der Waals surface area contributed by atoms with Gasteiger partial charge in [0.25, 0.3) is 5.69 Å². The van der Waals surface area contributed by atoms with Gasteiger partial charge >= 0.3 is 0 Å². The lowest BCUT2D eigenvalue weighted by Gasteiger charge is -2.13. The molecule has 1 aromatic carbocycles. The van der Waals surface area contributed by atoms with E-state index >= 15 is 0 Å². The number of amides is 1. The molecule has 1 atom stereocenters. The average molecular weight is 258 g/mol. The second kappa shape index (κ2) is 5.49. The molecule has 0 spiro atoms. The van der Waals surface area contributed by atoms with Crippen molar-refractivity contribution < 1.29 is 9.72 Å². The Bertz CT molecular complexity index is 450. The number of carbonyl (C=O) groups is 1. The molecule has 0 aliphatic heterocycles. The number of halogens is 1. The number of hydrogen-bond acceptors (Lipinski definition) is 4. The second-order valence-electron chi connectivity index (χ2n) is 3.40. The van der Waals surface area contributed by atoms with Gasteiger partial charge in [0.05, 0.1) is 4.92 Å². The molecular weight excluding hydrogens is 246 g/mol. The predicted molar refractivity (Wildman–Crippen MR) is 65.3 cm³/mol. The molecule has 0 radical (unpaired) electrons. The van der Waals surface area contributed by atoms with Crippen molar-refractivity contribution >= 4 is 28.9 Å². The molecule has 92 valence electrons. The van der Waals surface area contributed by atoms with Gasteiger partial charge in [-0.3, -0.25) is 14.9 Å². The highest BCUT2D eigenvalue weighted by Gasteiger charge is 2.18. The van der Waals surface area contributed by atoms with Crippen molar-refractivity contribution in [1.29, 1.82) is 0 Å². The van der Waals surface area contributed by atoms with Crippen LogP contribution in [-0.4, -0.2) is 23.9 Å². The van der Waals surface area contributed by atoms with E-state index in [1.807, 2.05) is 0 Å². The first-order valence-corrected chi connectivity index (χ1v) is 5.25.